The van der Waals surface area contributed by atoms with E-state index in [0.717, 1.165) is 11.6 Å². The van der Waals surface area contributed by atoms with Gasteiger partial charge in [0.15, 0.2) is 0 Å². The van der Waals surface area contributed by atoms with Crippen LogP contribution in [-0.2, 0) is 4.79 Å². The summed E-state index contributed by atoms with van der Waals surface area (Å²) in [5.41, 5.74) is -0.216. The van der Waals surface area contributed by atoms with Crippen molar-refractivity contribution in [3.63, 3.8) is 0 Å². The minimum absolute atomic E-state index is 0.216. The van der Waals surface area contributed by atoms with Crippen molar-refractivity contribution in [3.05, 3.63) is 6.33 Å². The molecule has 3 unspecified atom stereocenters. The van der Waals surface area contributed by atoms with E-state index >= 15 is 0 Å². The van der Waals surface area contributed by atoms with Crippen molar-refractivity contribution in [1.82, 2.24) is 9.36 Å². The van der Waals surface area contributed by atoms with Gasteiger partial charge < -0.3 is 10.4 Å². The van der Waals surface area contributed by atoms with Crippen molar-refractivity contribution in [1.29, 1.82) is 0 Å². The van der Waals surface area contributed by atoms with Crippen molar-refractivity contribution in [2.45, 2.75) is 39.7 Å². The highest BCUT2D eigenvalue weighted by Crippen LogP contribution is 2.45. The standard InChI is InChI=1S/C12H19N3O2S/c1-7-9(15-11-13-6-14-18-11)5-4-8(10(16)17)12(7,2)3/h6-9H,4-5H2,1-3H3,(H,16,17)(H,13,14,15). The average molecular weight is 269 g/mol. The highest BCUT2D eigenvalue weighted by Gasteiger charge is 2.46. The van der Waals surface area contributed by atoms with Crippen LogP contribution < -0.4 is 5.32 Å². The van der Waals surface area contributed by atoms with E-state index in [-0.39, 0.29) is 23.3 Å². The van der Waals surface area contributed by atoms with E-state index in [0.29, 0.717) is 6.42 Å². The van der Waals surface area contributed by atoms with E-state index in [1.165, 1.54) is 17.9 Å². The van der Waals surface area contributed by atoms with Gasteiger partial charge in [0.2, 0.25) is 5.13 Å². The first-order chi connectivity index (χ1) is 8.43. The van der Waals surface area contributed by atoms with Crippen LogP contribution in [0.5, 0.6) is 0 Å². The van der Waals surface area contributed by atoms with Crippen LogP contribution in [0.15, 0.2) is 6.33 Å². The SMILES string of the molecule is CC1C(Nc2ncns2)CCC(C(=O)O)C1(C)C. The second-order valence-corrected chi connectivity index (χ2v) is 6.36. The zero-order valence-corrected chi connectivity index (χ0v) is 11.7. The Bertz CT molecular complexity index is 419. The monoisotopic (exact) mass is 269 g/mol. The van der Waals surface area contributed by atoms with Crippen LogP contribution >= 0.6 is 11.5 Å². The third-order valence-corrected chi connectivity index (χ3v) is 5.01. The molecule has 1 aliphatic rings. The molecule has 0 aromatic carbocycles. The summed E-state index contributed by atoms with van der Waals surface area (Å²) in [4.78, 5) is 15.4. The summed E-state index contributed by atoms with van der Waals surface area (Å²) < 4.78 is 3.97. The lowest BCUT2D eigenvalue weighted by molar-refractivity contribution is -0.149. The fraction of sp³-hybridized carbons (Fsp3) is 0.750. The highest BCUT2D eigenvalue weighted by atomic mass is 32.1. The molecule has 1 saturated carbocycles. The zero-order chi connectivity index (χ0) is 13.3. The molecule has 0 saturated heterocycles. The third kappa shape index (κ3) is 2.34. The quantitative estimate of drug-likeness (QED) is 0.881. The molecule has 1 aromatic rings. The number of aromatic nitrogens is 2. The molecule has 0 spiro atoms. The Balaban J connectivity index is 2.11. The molecular formula is C12H19N3O2S. The first kappa shape index (κ1) is 13.3. The summed E-state index contributed by atoms with van der Waals surface area (Å²) in [5.74, 6) is -0.669. The van der Waals surface area contributed by atoms with Crippen LogP contribution in [0.3, 0.4) is 0 Å². The molecular weight excluding hydrogens is 250 g/mol. The molecule has 0 radical (unpaired) electrons. The van der Waals surface area contributed by atoms with Crippen LogP contribution in [0.25, 0.3) is 0 Å². The minimum Gasteiger partial charge on any atom is -0.481 e. The normalized spacial score (nSPS) is 30.9. The van der Waals surface area contributed by atoms with Gasteiger partial charge in [0, 0.05) is 17.6 Å². The van der Waals surface area contributed by atoms with E-state index < -0.39 is 5.97 Å². The van der Waals surface area contributed by atoms with E-state index in [1.807, 2.05) is 13.8 Å². The second-order valence-electron chi connectivity index (χ2n) is 5.58. The van der Waals surface area contributed by atoms with Crippen LogP contribution in [0.4, 0.5) is 5.13 Å². The number of carboxylic acid groups (broad SMARTS) is 1. The molecule has 6 heteroatoms. The van der Waals surface area contributed by atoms with Crippen molar-refractivity contribution in [3.8, 4) is 0 Å². The molecule has 100 valence electrons. The molecule has 1 fully saturated rings. The summed E-state index contributed by atoms with van der Waals surface area (Å²) in [5, 5.41) is 13.5. The highest BCUT2D eigenvalue weighted by molar-refractivity contribution is 7.09. The smallest absolute Gasteiger partial charge is 0.307 e. The summed E-state index contributed by atoms with van der Waals surface area (Å²) in [7, 11) is 0. The Morgan fingerprint density at radius 1 is 1.56 bits per heavy atom. The maximum Gasteiger partial charge on any atom is 0.307 e. The molecule has 0 aliphatic heterocycles. The number of aliphatic carboxylic acids is 1. The molecule has 0 amide bonds. The molecule has 2 N–H and O–H groups in total. The van der Waals surface area contributed by atoms with Crippen molar-refractivity contribution < 1.29 is 9.90 Å². The largest absolute Gasteiger partial charge is 0.481 e. The Kier molecular flexibility index (Phi) is 3.56. The lowest BCUT2D eigenvalue weighted by Gasteiger charge is -2.46. The topological polar surface area (TPSA) is 75.1 Å². The van der Waals surface area contributed by atoms with E-state index in [4.69, 9.17) is 0 Å². The van der Waals surface area contributed by atoms with Crippen LogP contribution in [0.1, 0.15) is 33.6 Å². The van der Waals surface area contributed by atoms with Gasteiger partial charge in [-0.2, -0.15) is 4.37 Å². The van der Waals surface area contributed by atoms with Gasteiger partial charge in [0.25, 0.3) is 0 Å². The second kappa shape index (κ2) is 4.84. The van der Waals surface area contributed by atoms with Gasteiger partial charge >= 0.3 is 5.97 Å². The third-order valence-electron chi connectivity index (χ3n) is 4.41. The van der Waals surface area contributed by atoms with Gasteiger partial charge in [0.05, 0.1) is 5.92 Å². The van der Waals surface area contributed by atoms with Crippen molar-refractivity contribution in [2.75, 3.05) is 5.32 Å². The van der Waals surface area contributed by atoms with Crippen LogP contribution in [0.2, 0.25) is 0 Å². The number of rotatable bonds is 3. The molecule has 3 atom stereocenters. The predicted molar refractivity (Wildman–Crippen MR) is 70.6 cm³/mol. The summed E-state index contributed by atoms with van der Waals surface area (Å²) in [6, 6.07) is 0.267. The van der Waals surface area contributed by atoms with Gasteiger partial charge in [0.1, 0.15) is 6.33 Å². The van der Waals surface area contributed by atoms with Crippen molar-refractivity contribution >= 4 is 22.6 Å². The Labute approximate surface area is 111 Å². The lowest BCUT2D eigenvalue weighted by Crippen LogP contribution is -2.48. The van der Waals surface area contributed by atoms with Crippen molar-refractivity contribution in [2.24, 2.45) is 17.3 Å². The maximum atomic E-state index is 11.3. The fourth-order valence-corrected chi connectivity index (χ4v) is 3.33. The molecule has 1 aliphatic carbocycles. The first-order valence-corrected chi connectivity index (χ1v) is 6.96. The zero-order valence-electron chi connectivity index (χ0n) is 10.9. The van der Waals surface area contributed by atoms with E-state index in [9.17, 15) is 9.90 Å². The minimum atomic E-state index is -0.679. The number of nitrogens with zero attached hydrogens (tertiary/aromatic N) is 2. The Hall–Kier alpha value is -1.17. The number of carbonyl (C=O) groups is 1. The van der Waals surface area contributed by atoms with Gasteiger partial charge in [-0.15, -0.1) is 0 Å². The first-order valence-electron chi connectivity index (χ1n) is 6.19. The predicted octanol–water partition coefficient (Wildman–Crippen LogP) is 2.48. The number of hydrogen-bond acceptors (Lipinski definition) is 5. The van der Waals surface area contributed by atoms with E-state index in [1.54, 1.807) is 0 Å². The Morgan fingerprint density at radius 3 is 2.83 bits per heavy atom. The van der Waals surface area contributed by atoms with Gasteiger partial charge in [-0.1, -0.05) is 20.8 Å². The molecule has 1 heterocycles. The molecule has 0 bridgehead atoms. The van der Waals surface area contributed by atoms with Gasteiger partial charge in [-0.25, -0.2) is 4.98 Å². The molecule has 18 heavy (non-hydrogen) atoms. The lowest BCUT2D eigenvalue weighted by atomic mass is 9.61. The Morgan fingerprint density at radius 2 is 2.28 bits per heavy atom. The summed E-state index contributed by atoms with van der Waals surface area (Å²) in [6.45, 7) is 6.21. The number of hydrogen-bond donors (Lipinski definition) is 2. The maximum absolute atomic E-state index is 11.3. The van der Waals surface area contributed by atoms with Gasteiger partial charge in [-0.3, -0.25) is 4.79 Å². The van der Waals surface area contributed by atoms with E-state index in [2.05, 4.69) is 21.6 Å². The van der Waals surface area contributed by atoms with Crippen LogP contribution in [0, 0.1) is 17.3 Å². The number of nitrogens with one attached hydrogen (secondary N) is 1. The molecule has 1 aromatic heterocycles. The molecule has 5 nitrogen and oxygen atoms in total. The van der Waals surface area contributed by atoms with Gasteiger partial charge in [-0.05, 0) is 24.2 Å². The average Bonchev–Trinajstić information content (AvgIpc) is 2.77. The number of anilines is 1. The summed E-state index contributed by atoms with van der Waals surface area (Å²) >= 11 is 1.34. The fourth-order valence-electron chi connectivity index (χ4n) is 2.84. The number of carboxylic acids is 1. The summed E-state index contributed by atoms with van der Waals surface area (Å²) in [6.07, 6.45) is 3.11. The molecule has 2 rings (SSSR count). The van der Waals surface area contributed by atoms with Crippen LogP contribution in [-0.4, -0.2) is 26.5 Å².